The SMILES string of the molecule is CCCCCOc1ccc(/C=N/Nc2nc(-c3ccc([N+](=O)[O-])cc3)cs2)cc1OC. The van der Waals surface area contributed by atoms with Gasteiger partial charge in [0.1, 0.15) is 0 Å². The van der Waals surface area contributed by atoms with Gasteiger partial charge in [-0.2, -0.15) is 5.10 Å². The molecule has 0 saturated heterocycles. The summed E-state index contributed by atoms with van der Waals surface area (Å²) in [5, 5.41) is 17.5. The first kappa shape index (κ1) is 22.2. The molecule has 31 heavy (non-hydrogen) atoms. The molecule has 0 aliphatic rings. The first-order chi connectivity index (χ1) is 15.1. The van der Waals surface area contributed by atoms with E-state index in [1.54, 1.807) is 25.5 Å². The van der Waals surface area contributed by atoms with Crippen LogP contribution in [0.15, 0.2) is 52.9 Å². The quantitative estimate of drug-likeness (QED) is 0.177. The average molecular weight is 441 g/mol. The van der Waals surface area contributed by atoms with E-state index >= 15 is 0 Å². The van der Waals surface area contributed by atoms with Crippen LogP contribution in [-0.4, -0.2) is 29.8 Å². The van der Waals surface area contributed by atoms with Gasteiger partial charge in [0.25, 0.3) is 5.69 Å². The number of hydrogen-bond acceptors (Lipinski definition) is 8. The summed E-state index contributed by atoms with van der Waals surface area (Å²) >= 11 is 1.40. The van der Waals surface area contributed by atoms with Crippen LogP contribution in [0.2, 0.25) is 0 Å². The highest BCUT2D eigenvalue weighted by Gasteiger charge is 2.08. The summed E-state index contributed by atoms with van der Waals surface area (Å²) in [6.07, 6.45) is 4.98. The molecule has 9 heteroatoms. The summed E-state index contributed by atoms with van der Waals surface area (Å²) in [6, 6.07) is 11.9. The maximum absolute atomic E-state index is 10.8. The molecule has 1 aromatic heterocycles. The monoisotopic (exact) mass is 440 g/mol. The van der Waals surface area contributed by atoms with Crippen molar-refractivity contribution in [3.63, 3.8) is 0 Å². The second-order valence-electron chi connectivity index (χ2n) is 6.68. The molecule has 162 valence electrons. The Hall–Kier alpha value is -3.46. The molecule has 0 saturated carbocycles. The first-order valence-corrected chi connectivity index (χ1v) is 10.8. The van der Waals surface area contributed by atoms with Gasteiger partial charge in [0.15, 0.2) is 11.5 Å². The number of rotatable bonds is 11. The van der Waals surface area contributed by atoms with Crippen LogP contribution in [0.25, 0.3) is 11.3 Å². The zero-order chi connectivity index (χ0) is 22.1. The molecule has 8 nitrogen and oxygen atoms in total. The number of anilines is 1. The molecule has 0 fully saturated rings. The van der Waals surface area contributed by atoms with Crippen LogP contribution in [0.1, 0.15) is 31.7 Å². The number of hydrogen-bond donors (Lipinski definition) is 1. The van der Waals surface area contributed by atoms with Gasteiger partial charge in [0.2, 0.25) is 5.13 Å². The Morgan fingerprint density at radius 1 is 1.19 bits per heavy atom. The number of nitrogens with zero attached hydrogens (tertiary/aromatic N) is 3. The Bertz CT molecular complexity index is 1030. The number of benzene rings is 2. The van der Waals surface area contributed by atoms with E-state index in [0.717, 1.165) is 41.8 Å². The molecule has 0 spiro atoms. The third-order valence-corrected chi connectivity index (χ3v) is 5.19. The standard InChI is InChI=1S/C22H24N4O4S/c1-3-4-5-12-30-20-11-6-16(13-21(20)29-2)14-23-25-22-24-19(15-31-22)17-7-9-18(10-8-17)26(27)28/h6-11,13-15H,3-5,12H2,1-2H3,(H,24,25)/b23-14+. The minimum absolute atomic E-state index is 0.0507. The summed E-state index contributed by atoms with van der Waals surface area (Å²) in [6.45, 7) is 2.82. The lowest BCUT2D eigenvalue weighted by Crippen LogP contribution is -2.00. The van der Waals surface area contributed by atoms with E-state index < -0.39 is 4.92 Å². The van der Waals surface area contributed by atoms with Gasteiger partial charge < -0.3 is 9.47 Å². The molecule has 0 bridgehead atoms. The lowest BCUT2D eigenvalue weighted by Gasteiger charge is -2.11. The van der Waals surface area contributed by atoms with E-state index in [1.165, 1.54) is 23.5 Å². The molecule has 0 unspecified atom stereocenters. The molecule has 0 radical (unpaired) electrons. The maximum atomic E-state index is 10.8. The Balaban J connectivity index is 1.59. The third kappa shape index (κ3) is 6.26. The van der Waals surface area contributed by atoms with Crippen molar-refractivity contribution in [1.82, 2.24) is 4.98 Å². The van der Waals surface area contributed by atoms with Crippen LogP contribution in [0.3, 0.4) is 0 Å². The van der Waals surface area contributed by atoms with Crippen LogP contribution < -0.4 is 14.9 Å². The molecular formula is C22H24N4O4S. The lowest BCUT2D eigenvalue weighted by molar-refractivity contribution is -0.384. The zero-order valence-corrected chi connectivity index (χ0v) is 18.2. The molecule has 0 aliphatic heterocycles. The topological polar surface area (TPSA) is 98.9 Å². The number of non-ortho nitro benzene ring substituents is 1. The molecule has 0 aliphatic carbocycles. The van der Waals surface area contributed by atoms with E-state index in [4.69, 9.17) is 9.47 Å². The van der Waals surface area contributed by atoms with Gasteiger partial charge >= 0.3 is 0 Å². The van der Waals surface area contributed by atoms with Crippen molar-refractivity contribution in [3.8, 4) is 22.8 Å². The number of nitrogens with one attached hydrogen (secondary N) is 1. The van der Waals surface area contributed by atoms with Gasteiger partial charge in [0, 0.05) is 23.1 Å². The highest BCUT2D eigenvalue weighted by atomic mass is 32.1. The minimum Gasteiger partial charge on any atom is -0.493 e. The van der Waals surface area contributed by atoms with Crippen LogP contribution in [0.5, 0.6) is 11.5 Å². The van der Waals surface area contributed by atoms with Gasteiger partial charge in [-0.25, -0.2) is 4.98 Å². The second kappa shape index (κ2) is 11.1. The predicted octanol–water partition coefficient (Wildman–Crippen LogP) is 5.74. The van der Waals surface area contributed by atoms with Crippen LogP contribution >= 0.6 is 11.3 Å². The third-order valence-electron chi connectivity index (χ3n) is 4.45. The summed E-state index contributed by atoms with van der Waals surface area (Å²) in [5.74, 6) is 1.38. The lowest BCUT2D eigenvalue weighted by atomic mass is 10.1. The minimum atomic E-state index is -0.424. The van der Waals surface area contributed by atoms with E-state index in [0.29, 0.717) is 17.5 Å². The van der Waals surface area contributed by atoms with Crippen molar-refractivity contribution in [1.29, 1.82) is 0 Å². The fourth-order valence-corrected chi connectivity index (χ4v) is 3.46. The summed E-state index contributed by atoms with van der Waals surface area (Å²) in [4.78, 5) is 14.8. The van der Waals surface area contributed by atoms with Gasteiger partial charge in [-0.05, 0) is 42.3 Å². The van der Waals surface area contributed by atoms with Gasteiger partial charge in [0.05, 0.1) is 30.5 Å². The zero-order valence-electron chi connectivity index (χ0n) is 17.4. The number of nitro groups is 1. The van der Waals surface area contributed by atoms with Crippen molar-refractivity contribution < 1.29 is 14.4 Å². The predicted molar refractivity (Wildman–Crippen MR) is 123 cm³/mol. The number of thiazole rings is 1. The molecule has 1 heterocycles. The fourth-order valence-electron chi connectivity index (χ4n) is 2.79. The Morgan fingerprint density at radius 3 is 2.71 bits per heavy atom. The molecule has 1 N–H and O–H groups in total. The molecule has 3 rings (SSSR count). The molecule has 2 aromatic carbocycles. The van der Waals surface area contributed by atoms with Crippen molar-refractivity contribution >= 4 is 28.4 Å². The van der Waals surface area contributed by atoms with E-state index in [2.05, 4.69) is 22.4 Å². The van der Waals surface area contributed by atoms with E-state index in [1.807, 2.05) is 23.6 Å². The molecule has 0 atom stereocenters. The Kier molecular flexibility index (Phi) is 7.94. The highest BCUT2D eigenvalue weighted by Crippen LogP contribution is 2.28. The Labute approximate surface area is 184 Å². The number of aromatic nitrogens is 1. The van der Waals surface area contributed by atoms with E-state index in [9.17, 15) is 10.1 Å². The first-order valence-electron chi connectivity index (χ1n) is 9.91. The smallest absolute Gasteiger partial charge is 0.269 e. The number of nitro benzene ring substituents is 1. The number of unbranched alkanes of at least 4 members (excludes halogenated alkanes) is 2. The number of hydrazone groups is 1. The second-order valence-corrected chi connectivity index (χ2v) is 7.54. The van der Waals surface area contributed by atoms with Crippen LogP contribution in [0.4, 0.5) is 10.8 Å². The fraction of sp³-hybridized carbons (Fsp3) is 0.273. The van der Waals surface area contributed by atoms with Crippen LogP contribution in [-0.2, 0) is 0 Å². The van der Waals surface area contributed by atoms with Crippen molar-refractivity contribution in [2.24, 2.45) is 5.10 Å². The van der Waals surface area contributed by atoms with Gasteiger partial charge in [-0.15, -0.1) is 11.3 Å². The van der Waals surface area contributed by atoms with Crippen molar-refractivity contribution in [3.05, 3.63) is 63.5 Å². The summed E-state index contributed by atoms with van der Waals surface area (Å²) in [5.41, 5.74) is 5.35. The van der Waals surface area contributed by atoms with Crippen LogP contribution in [0, 0.1) is 10.1 Å². The van der Waals surface area contributed by atoms with Crippen molar-refractivity contribution in [2.75, 3.05) is 19.1 Å². The van der Waals surface area contributed by atoms with Gasteiger partial charge in [-0.3, -0.25) is 15.5 Å². The average Bonchev–Trinajstić information content (AvgIpc) is 3.26. The highest BCUT2D eigenvalue weighted by molar-refractivity contribution is 7.14. The summed E-state index contributed by atoms with van der Waals surface area (Å²) < 4.78 is 11.2. The molecular weight excluding hydrogens is 416 g/mol. The van der Waals surface area contributed by atoms with Gasteiger partial charge in [-0.1, -0.05) is 19.8 Å². The van der Waals surface area contributed by atoms with E-state index in [-0.39, 0.29) is 5.69 Å². The normalized spacial score (nSPS) is 10.9. The Morgan fingerprint density at radius 2 is 2.00 bits per heavy atom. The van der Waals surface area contributed by atoms with Crippen molar-refractivity contribution in [2.45, 2.75) is 26.2 Å². The summed E-state index contributed by atoms with van der Waals surface area (Å²) in [7, 11) is 1.61. The molecule has 3 aromatic rings. The number of methoxy groups -OCH3 is 1. The molecule has 0 amide bonds. The largest absolute Gasteiger partial charge is 0.493 e. The number of ether oxygens (including phenoxy) is 2. The maximum Gasteiger partial charge on any atom is 0.269 e.